The van der Waals surface area contributed by atoms with Crippen LogP contribution in [-0.4, -0.2) is 5.54 Å². The Kier molecular flexibility index (Phi) is 5.53. The van der Waals surface area contributed by atoms with Gasteiger partial charge in [0.25, 0.3) is 0 Å². The van der Waals surface area contributed by atoms with E-state index in [2.05, 4.69) is 19.2 Å². The van der Waals surface area contributed by atoms with Gasteiger partial charge in [-0.05, 0) is 85.6 Å². The minimum atomic E-state index is 0.238. The van der Waals surface area contributed by atoms with Gasteiger partial charge in [-0.3, -0.25) is 0 Å². The first kappa shape index (κ1) is 21.9. The molecule has 2 aromatic rings. The van der Waals surface area contributed by atoms with E-state index in [1.54, 1.807) is 6.07 Å². The van der Waals surface area contributed by atoms with Gasteiger partial charge < -0.3 is 10.1 Å². The van der Waals surface area contributed by atoms with Crippen LogP contribution in [0.1, 0.15) is 63.5 Å². The molecule has 0 aromatic heterocycles. The number of rotatable bonds is 6. The Morgan fingerprint density at radius 3 is 2.23 bits per heavy atom. The summed E-state index contributed by atoms with van der Waals surface area (Å²) < 4.78 is 6.18. The van der Waals surface area contributed by atoms with E-state index >= 15 is 0 Å². The first-order valence-corrected chi connectivity index (χ1v) is 12.4. The van der Waals surface area contributed by atoms with Crippen LogP contribution in [0.25, 0.3) is 0 Å². The molecule has 0 amide bonds. The third-order valence-electron chi connectivity index (χ3n) is 7.70. The second-order valence-electron chi connectivity index (χ2n) is 11.0. The Balaban J connectivity index is 1.32. The summed E-state index contributed by atoms with van der Waals surface area (Å²) >= 11 is 18.7. The highest BCUT2D eigenvalue weighted by atomic mass is 35.5. The molecule has 2 aromatic carbocycles. The average Bonchev–Trinajstić information content (AvgIpc) is 2.64. The van der Waals surface area contributed by atoms with E-state index in [4.69, 9.17) is 39.5 Å². The first-order valence-electron chi connectivity index (χ1n) is 11.3. The van der Waals surface area contributed by atoms with Gasteiger partial charge in [-0.25, -0.2) is 0 Å². The fourth-order valence-electron chi connectivity index (χ4n) is 7.55. The van der Waals surface area contributed by atoms with Gasteiger partial charge >= 0.3 is 0 Å². The molecule has 4 aliphatic carbocycles. The smallest absolute Gasteiger partial charge is 0.124 e. The van der Waals surface area contributed by atoms with Crippen LogP contribution in [0.2, 0.25) is 15.1 Å². The highest BCUT2D eigenvalue weighted by Gasteiger charge is 2.59. The summed E-state index contributed by atoms with van der Waals surface area (Å²) in [4.78, 5) is 0. The van der Waals surface area contributed by atoms with E-state index in [1.807, 2.05) is 30.3 Å². The Hall–Kier alpha value is -0.930. The molecule has 0 aliphatic heterocycles. The largest absolute Gasteiger partial charge is 0.489 e. The molecule has 0 saturated heterocycles. The Morgan fingerprint density at radius 2 is 1.55 bits per heavy atom. The van der Waals surface area contributed by atoms with Gasteiger partial charge in [0.2, 0.25) is 0 Å². The number of benzene rings is 2. The lowest BCUT2D eigenvalue weighted by Gasteiger charge is -2.65. The lowest BCUT2D eigenvalue weighted by Crippen LogP contribution is -2.63. The lowest BCUT2D eigenvalue weighted by atomic mass is 9.43. The predicted octanol–water partition coefficient (Wildman–Crippen LogP) is 8.06. The summed E-state index contributed by atoms with van der Waals surface area (Å²) in [6.45, 7) is 6.18. The topological polar surface area (TPSA) is 21.3 Å². The maximum atomic E-state index is 6.36. The second-order valence-corrected chi connectivity index (χ2v) is 12.3. The van der Waals surface area contributed by atoms with Crippen molar-refractivity contribution in [1.29, 1.82) is 0 Å². The molecule has 5 heteroatoms. The van der Waals surface area contributed by atoms with Crippen molar-refractivity contribution >= 4 is 34.8 Å². The van der Waals surface area contributed by atoms with Crippen LogP contribution in [0.15, 0.2) is 36.4 Å². The molecule has 6 rings (SSSR count). The normalized spacial score (nSPS) is 33.6. The molecule has 4 saturated carbocycles. The fourth-order valence-corrected chi connectivity index (χ4v) is 8.21. The molecular formula is C26H30Cl3NO. The zero-order valence-electron chi connectivity index (χ0n) is 18.2. The molecule has 31 heavy (non-hydrogen) atoms. The molecule has 4 atom stereocenters. The van der Waals surface area contributed by atoms with Crippen molar-refractivity contribution in [2.45, 2.75) is 71.1 Å². The number of nitrogens with one attached hydrogen (secondary N) is 1. The van der Waals surface area contributed by atoms with Crippen LogP contribution >= 0.6 is 34.8 Å². The quantitative estimate of drug-likeness (QED) is 0.453. The molecule has 4 bridgehead atoms. The minimum absolute atomic E-state index is 0.238. The van der Waals surface area contributed by atoms with Crippen LogP contribution < -0.4 is 10.1 Å². The zero-order valence-corrected chi connectivity index (χ0v) is 20.5. The molecular weight excluding hydrogens is 449 g/mol. The Morgan fingerprint density at radius 1 is 0.871 bits per heavy atom. The predicted molar refractivity (Wildman–Crippen MR) is 129 cm³/mol. The molecule has 1 N–H and O–H groups in total. The van der Waals surface area contributed by atoms with E-state index in [0.717, 1.165) is 34.4 Å². The first-order chi connectivity index (χ1) is 14.6. The van der Waals surface area contributed by atoms with E-state index in [1.165, 1.54) is 38.5 Å². The minimum Gasteiger partial charge on any atom is -0.489 e. The van der Waals surface area contributed by atoms with Crippen LogP contribution in [0, 0.1) is 16.7 Å². The van der Waals surface area contributed by atoms with Gasteiger partial charge in [-0.1, -0.05) is 54.7 Å². The van der Waals surface area contributed by atoms with Crippen LogP contribution in [0.3, 0.4) is 0 Å². The van der Waals surface area contributed by atoms with E-state index < -0.39 is 0 Å². The van der Waals surface area contributed by atoms with Gasteiger partial charge in [0.15, 0.2) is 0 Å². The SMILES string of the molecule is C[C@]12CC3CC(NCc4cc(Cl)ccc4OCc4ccc(Cl)cc4Cl)(C1)C[C@@](C)(C3)C2. The van der Waals surface area contributed by atoms with Crippen molar-refractivity contribution < 1.29 is 4.74 Å². The molecule has 4 fully saturated rings. The van der Waals surface area contributed by atoms with E-state index in [-0.39, 0.29) is 5.54 Å². The molecule has 4 aliphatic rings. The van der Waals surface area contributed by atoms with E-state index in [9.17, 15) is 0 Å². The Bertz CT molecular complexity index is 988. The van der Waals surface area contributed by atoms with Gasteiger partial charge in [0.05, 0.1) is 0 Å². The summed E-state index contributed by atoms with van der Waals surface area (Å²) in [5.41, 5.74) is 3.23. The lowest BCUT2D eigenvalue weighted by molar-refractivity contribution is -0.118. The maximum Gasteiger partial charge on any atom is 0.124 e. The molecule has 0 spiro atoms. The van der Waals surface area contributed by atoms with Crippen molar-refractivity contribution in [2.75, 3.05) is 0 Å². The van der Waals surface area contributed by atoms with Crippen molar-refractivity contribution in [3.63, 3.8) is 0 Å². The van der Waals surface area contributed by atoms with Crippen molar-refractivity contribution in [3.05, 3.63) is 62.6 Å². The summed E-state index contributed by atoms with van der Waals surface area (Å²) in [6.07, 6.45) is 8.05. The number of hydrogen-bond acceptors (Lipinski definition) is 2. The number of hydrogen-bond donors (Lipinski definition) is 1. The van der Waals surface area contributed by atoms with Gasteiger partial charge in [-0.15, -0.1) is 0 Å². The van der Waals surface area contributed by atoms with Crippen molar-refractivity contribution in [1.82, 2.24) is 5.32 Å². The molecule has 2 nitrogen and oxygen atoms in total. The second kappa shape index (κ2) is 7.83. The summed E-state index contributed by atoms with van der Waals surface area (Å²) in [6, 6.07) is 11.4. The van der Waals surface area contributed by atoms with Crippen LogP contribution in [-0.2, 0) is 13.2 Å². The fraction of sp³-hybridized carbons (Fsp3) is 0.538. The molecule has 2 unspecified atom stereocenters. The van der Waals surface area contributed by atoms with Crippen molar-refractivity contribution in [2.24, 2.45) is 16.7 Å². The van der Waals surface area contributed by atoms with Crippen LogP contribution in [0.4, 0.5) is 0 Å². The van der Waals surface area contributed by atoms with Crippen molar-refractivity contribution in [3.8, 4) is 5.75 Å². The Labute approximate surface area is 200 Å². The standard InChI is InChI=1S/C26H30Cl3NO/c1-24-9-17-10-25(2,14-24)16-26(11-17,15-24)30-12-19-7-20(27)5-6-23(19)31-13-18-3-4-21(28)8-22(18)29/h3-8,17,30H,9-16H2,1-2H3/t17?,24-,25+,26?. The highest BCUT2D eigenvalue weighted by molar-refractivity contribution is 6.35. The third kappa shape index (κ3) is 4.47. The molecule has 166 valence electrons. The highest BCUT2D eigenvalue weighted by Crippen LogP contribution is 2.66. The average molecular weight is 479 g/mol. The van der Waals surface area contributed by atoms with Crippen LogP contribution in [0.5, 0.6) is 5.75 Å². The van der Waals surface area contributed by atoms with Gasteiger partial charge in [0.1, 0.15) is 12.4 Å². The zero-order chi connectivity index (χ0) is 21.9. The molecule has 0 heterocycles. The number of halogens is 3. The van der Waals surface area contributed by atoms with Gasteiger partial charge in [-0.2, -0.15) is 0 Å². The number of ether oxygens (including phenoxy) is 1. The molecule has 0 radical (unpaired) electrons. The van der Waals surface area contributed by atoms with E-state index in [0.29, 0.717) is 27.5 Å². The van der Waals surface area contributed by atoms with Gasteiger partial charge in [0, 0.05) is 38.3 Å². The third-order valence-corrected chi connectivity index (χ3v) is 8.52. The summed E-state index contributed by atoms with van der Waals surface area (Å²) in [7, 11) is 0. The summed E-state index contributed by atoms with van der Waals surface area (Å²) in [5.74, 6) is 1.71. The maximum absolute atomic E-state index is 6.36. The monoisotopic (exact) mass is 477 g/mol. The summed E-state index contributed by atoms with van der Waals surface area (Å²) in [5, 5.41) is 5.98.